The highest BCUT2D eigenvalue weighted by atomic mass is 16.2. The fraction of sp³-hybridized carbons (Fsp3) is 0.643. The molecule has 0 saturated carbocycles. The number of carbonyl (C=O) groups excluding carboxylic acids is 3. The first-order chi connectivity index (χ1) is 9.06. The summed E-state index contributed by atoms with van der Waals surface area (Å²) < 4.78 is 0. The molecule has 1 heterocycles. The van der Waals surface area contributed by atoms with Crippen LogP contribution in [0.3, 0.4) is 0 Å². The predicted octanol–water partition coefficient (Wildman–Crippen LogP) is 1.88. The van der Waals surface area contributed by atoms with Crippen LogP contribution >= 0.6 is 0 Å². The fourth-order valence-electron chi connectivity index (χ4n) is 1.35. The Morgan fingerprint density at radius 3 is 2.11 bits per heavy atom. The Hall–Kier alpha value is -1.65. The molecule has 0 fully saturated rings. The molecule has 1 rings (SSSR count). The minimum absolute atomic E-state index is 0.150. The average molecular weight is 270 g/mol. The quantitative estimate of drug-likeness (QED) is 0.793. The molecule has 5 nitrogen and oxygen atoms in total. The van der Waals surface area contributed by atoms with Crippen molar-refractivity contribution in [2.45, 2.75) is 48.0 Å². The number of rotatable bonds is 4. The van der Waals surface area contributed by atoms with Crippen LogP contribution in [0.4, 0.5) is 0 Å². The maximum Gasteiger partial charge on any atom is 0.256 e. The minimum Gasteiger partial charge on any atom is -0.356 e. The van der Waals surface area contributed by atoms with Gasteiger partial charge in [0.15, 0.2) is 0 Å². The molecule has 0 radical (unpaired) electrons. The van der Waals surface area contributed by atoms with E-state index < -0.39 is 0 Å². The lowest BCUT2D eigenvalue weighted by atomic mass is 10.3. The number of hydrogen-bond acceptors (Lipinski definition) is 3. The van der Waals surface area contributed by atoms with Gasteiger partial charge in [-0.15, -0.1) is 0 Å². The topological polar surface area (TPSA) is 66.5 Å². The Bertz CT molecular complexity index is 336. The summed E-state index contributed by atoms with van der Waals surface area (Å²) in [6, 6.07) is 0. The van der Waals surface area contributed by atoms with Gasteiger partial charge in [-0.05, 0) is 13.8 Å². The van der Waals surface area contributed by atoms with E-state index in [4.69, 9.17) is 0 Å². The van der Waals surface area contributed by atoms with Crippen LogP contribution in [0.15, 0.2) is 11.6 Å². The van der Waals surface area contributed by atoms with E-state index in [2.05, 4.69) is 5.32 Å². The second-order valence-electron chi connectivity index (χ2n) is 3.33. The number of nitrogens with zero attached hydrogens (tertiary/aromatic N) is 1. The lowest BCUT2D eigenvalue weighted by Gasteiger charge is -2.13. The van der Waals surface area contributed by atoms with Crippen molar-refractivity contribution < 1.29 is 14.4 Å². The Balaban J connectivity index is 0. The number of carbonyl (C=O) groups is 3. The molecule has 19 heavy (non-hydrogen) atoms. The van der Waals surface area contributed by atoms with Gasteiger partial charge in [0.05, 0.1) is 0 Å². The highest BCUT2D eigenvalue weighted by Gasteiger charge is 2.28. The van der Waals surface area contributed by atoms with Gasteiger partial charge in [0, 0.05) is 31.2 Å². The molecule has 0 aromatic heterocycles. The average Bonchev–Trinajstić information content (AvgIpc) is 2.66. The highest BCUT2D eigenvalue weighted by molar-refractivity contribution is 6.15. The number of imide groups is 1. The van der Waals surface area contributed by atoms with Crippen molar-refractivity contribution in [2.24, 2.45) is 0 Å². The summed E-state index contributed by atoms with van der Waals surface area (Å²) in [6.07, 6.45) is 1.45. The van der Waals surface area contributed by atoms with Gasteiger partial charge in [0.2, 0.25) is 5.91 Å². The van der Waals surface area contributed by atoms with Crippen molar-refractivity contribution in [1.29, 1.82) is 0 Å². The van der Waals surface area contributed by atoms with Gasteiger partial charge in [-0.3, -0.25) is 19.3 Å². The SMILES string of the molecule is CC.CC.CCNC(=O)CCN1C(=O)C=C(C)C1=O. The Kier molecular flexibility index (Phi) is 11.9. The third-order valence-electron chi connectivity index (χ3n) is 2.12. The first kappa shape index (κ1) is 19.7. The van der Waals surface area contributed by atoms with Gasteiger partial charge in [0.1, 0.15) is 0 Å². The Morgan fingerprint density at radius 2 is 1.74 bits per heavy atom. The summed E-state index contributed by atoms with van der Waals surface area (Å²) in [7, 11) is 0. The fourth-order valence-corrected chi connectivity index (χ4v) is 1.35. The second kappa shape index (κ2) is 11.4. The van der Waals surface area contributed by atoms with Crippen LogP contribution in [0, 0.1) is 0 Å². The van der Waals surface area contributed by atoms with Crippen LogP contribution in [-0.4, -0.2) is 35.7 Å². The zero-order valence-corrected chi connectivity index (χ0v) is 12.9. The molecule has 3 amide bonds. The van der Waals surface area contributed by atoms with E-state index in [9.17, 15) is 14.4 Å². The standard InChI is InChI=1S/C10H14N2O3.2C2H6/c1-3-11-8(13)4-5-12-9(14)6-7(2)10(12)15;2*1-2/h6H,3-5H2,1-2H3,(H,11,13);2*1-2H3. The van der Waals surface area contributed by atoms with Crippen molar-refractivity contribution in [2.75, 3.05) is 13.1 Å². The molecule has 0 saturated heterocycles. The van der Waals surface area contributed by atoms with Gasteiger partial charge in [-0.1, -0.05) is 27.7 Å². The first-order valence-corrected chi connectivity index (χ1v) is 6.87. The van der Waals surface area contributed by atoms with Crippen LogP contribution < -0.4 is 5.32 Å². The third kappa shape index (κ3) is 6.74. The molecule has 0 atom stereocenters. The number of nitrogens with one attached hydrogen (secondary N) is 1. The molecule has 0 aliphatic carbocycles. The molecule has 0 unspecified atom stereocenters. The van der Waals surface area contributed by atoms with Crippen molar-refractivity contribution in [3.8, 4) is 0 Å². The molecule has 0 aromatic rings. The van der Waals surface area contributed by atoms with Crippen LogP contribution in [0.5, 0.6) is 0 Å². The monoisotopic (exact) mass is 270 g/mol. The summed E-state index contributed by atoms with van der Waals surface area (Å²) in [5.74, 6) is -0.784. The van der Waals surface area contributed by atoms with E-state index in [1.165, 1.54) is 6.08 Å². The summed E-state index contributed by atoms with van der Waals surface area (Å²) in [5.41, 5.74) is 0.427. The molecule has 0 spiro atoms. The van der Waals surface area contributed by atoms with Crippen LogP contribution in [0.2, 0.25) is 0 Å². The van der Waals surface area contributed by atoms with Gasteiger partial charge in [-0.2, -0.15) is 0 Å². The molecule has 5 heteroatoms. The lowest BCUT2D eigenvalue weighted by molar-refractivity contribution is -0.137. The van der Waals surface area contributed by atoms with Crippen molar-refractivity contribution >= 4 is 17.7 Å². The largest absolute Gasteiger partial charge is 0.356 e. The van der Waals surface area contributed by atoms with Crippen molar-refractivity contribution in [3.05, 3.63) is 11.6 Å². The maximum absolute atomic E-state index is 11.4. The summed E-state index contributed by atoms with van der Waals surface area (Å²) >= 11 is 0. The molecule has 1 N–H and O–H groups in total. The number of amides is 3. The number of hydrogen-bond donors (Lipinski definition) is 1. The van der Waals surface area contributed by atoms with Gasteiger partial charge >= 0.3 is 0 Å². The van der Waals surface area contributed by atoms with Gasteiger partial charge < -0.3 is 5.32 Å². The molecule has 0 aromatic carbocycles. The van der Waals surface area contributed by atoms with Crippen LogP contribution in [-0.2, 0) is 14.4 Å². The molecular weight excluding hydrogens is 244 g/mol. The van der Waals surface area contributed by atoms with Crippen molar-refractivity contribution in [1.82, 2.24) is 10.2 Å². The Labute approximate surface area is 116 Å². The van der Waals surface area contributed by atoms with E-state index in [-0.39, 0.29) is 30.7 Å². The minimum atomic E-state index is -0.332. The van der Waals surface area contributed by atoms with E-state index in [0.29, 0.717) is 12.1 Å². The van der Waals surface area contributed by atoms with Crippen LogP contribution in [0.1, 0.15) is 48.0 Å². The third-order valence-corrected chi connectivity index (χ3v) is 2.12. The normalized spacial score (nSPS) is 12.9. The molecule has 1 aliphatic heterocycles. The first-order valence-electron chi connectivity index (χ1n) is 6.87. The summed E-state index contributed by atoms with van der Waals surface area (Å²) in [6.45, 7) is 12.1. The molecule has 1 aliphatic rings. The zero-order chi connectivity index (χ0) is 15.4. The van der Waals surface area contributed by atoms with E-state index >= 15 is 0 Å². The smallest absolute Gasteiger partial charge is 0.256 e. The van der Waals surface area contributed by atoms with E-state index in [1.807, 2.05) is 34.6 Å². The summed E-state index contributed by atoms with van der Waals surface area (Å²) in [4.78, 5) is 34.9. The highest BCUT2D eigenvalue weighted by Crippen LogP contribution is 2.11. The summed E-state index contributed by atoms with van der Waals surface area (Å²) in [5, 5.41) is 2.61. The van der Waals surface area contributed by atoms with E-state index in [1.54, 1.807) is 6.92 Å². The van der Waals surface area contributed by atoms with Crippen LogP contribution in [0.25, 0.3) is 0 Å². The maximum atomic E-state index is 11.4. The predicted molar refractivity (Wildman–Crippen MR) is 76.5 cm³/mol. The molecule has 0 bridgehead atoms. The Morgan fingerprint density at radius 1 is 1.21 bits per heavy atom. The van der Waals surface area contributed by atoms with Crippen molar-refractivity contribution in [3.63, 3.8) is 0 Å². The second-order valence-corrected chi connectivity index (χ2v) is 3.33. The van der Waals surface area contributed by atoms with E-state index in [0.717, 1.165) is 4.90 Å². The van der Waals surface area contributed by atoms with Gasteiger partial charge in [0.25, 0.3) is 11.8 Å². The molecular formula is C14H26N2O3. The lowest BCUT2D eigenvalue weighted by Crippen LogP contribution is -2.35. The van der Waals surface area contributed by atoms with Gasteiger partial charge in [-0.25, -0.2) is 0 Å². The zero-order valence-electron chi connectivity index (χ0n) is 12.9. The molecule has 110 valence electrons.